The Morgan fingerprint density at radius 2 is 2.06 bits per heavy atom. The average Bonchev–Trinajstić information content (AvgIpc) is 3.43. The molecule has 3 heterocycles. The first-order valence-electron chi connectivity index (χ1n) is 10.3. The second-order valence-electron chi connectivity index (χ2n) is 8.04. The van der Waals surface area contributed by atoms with Gasteiger partial charge in [0.25, 0.3) is 10.2 Å². The molecule has 0 amide bonds. The molecule has 0 unspecified atom stereocenters. The van der Waals surface area contributed by atoms with Crippen LogP contribution >= 0.6 is 0 Å². The lowest BCUT2D eigenvalue weighted by Gasteiger charge is -2.20. The zero-order chi connectivity index (χ0) is 22.0. The van der Waals surface area contributed by atoms with E-state index in [-0.39, 0.29) is 5.92 Å². The maximum absolute atomic E-state index is 12.5. The smallest absolute Gasteiger partial charge is 0.281 e. The van der Waals surface area contributed by atoms with Gasteiger partial charge in [-0.2, -0.15) is 22.1 Å². The van der Waals surface area contributed by atoms with Crippen LogP contribution in [0.4, 0.5) is 5.82 Å². The van der Waals surface area contributed by atoms with Gasteiger partial charge in [0.05, 0.1) is 6.20 Å². The largest absolute Gasteiger partial charge is 0.366 e. The van der Waals surface area contributed by atoms with Crippen LogP contribution in [-0.4, -0.2) is 59.4 Å². The first kappa shape index (κ1) is 21.5. The number of pyridine rings is 1. The lowest BCUT2D eigenvalue weighted by molar-refractivity contribution is 0.418. The van der Waals surface area contributed by atoms with Crippen molar-refractivity contribution in [2.24, 2.45) is 0 Å². The molecule has 1 aliphatic rings. The quantitative estimate of drug-likeness (QED) is 0.589. The van der Waals surface area contributed by atoms with Crippen LogP contribution in [0, 0.1) is 6.92 Å². The number of aryl methyl sites for hydroxylation is 1. The summed E-state index contributed by atoms with van der Waals surface area (Å²) in [4.78, 5) is 4.45. The first-order valence-corrected chi connectivity index (χ1v) is 11.7. The molecular weight excluding hydrogens is 412 g/mol. The summed E-state index contributed by atoms with van der Waals surface area (Å²) < 4.78 is 27.7. The van der Waals surface area contributed by atoms with Crippen LogP contribution in [0.3, 0.4) is 0 Å². The van der Waals surface area contributed by atoms with E-state index >= 15 is 0 Å². The highest BCUT2D eigenvalue weighted by atomic mass is 32.2. The molecule has 0 spiro atoms. The molecule has 164 valence electrons. The van der Waals surface area contributed by atoms with E-state index in [1.54, 1.807) is 26.5 Å². The molecular formula is C22H28N6O2S. The zero-order valence-corrected chi connectivity index (χ0v) is 18.9. The molecule has 0 aliphatic carbocycles. The number of rotatable bonds is 7. The van der Waals surface area contributed by atoms with Gasteiger partial charge >= 0.3 is 0 Å². The molecule has 4 rings (SSSR count). The maximum Gasteiger partial charge on any atom is 0.281 e. The van der Waals surface area contributed by atoms with Crippen LogP contribution in [0.5, 0.6) is 0 Å². The van der Waals surface area contributed by atoms with Gasteiger partial charge in [-0.05, 0) is 42.2 Å². The summed E-state index contributed by atoms with van der Waals surface area (Å²) in [6, 6.07) is 12.2. The minimum absolute atomic E-state index is 0.0729. The van der Waals surface area contributed by atoms with Crippen LogP contribution in [0.2, 0.25) is 0 Å². The molecule has 9 heteroatoms. The molecule has 2 N–H and O–H groups in total. The van der Waals surface area contributed by atoms with Crippen molar-refractivity contribution in [1.29, 1.82) is 0 Å². The molecule has 31 heavy (non-hydrogen) atoms. The van der Waals surface area contributed by atoms with E-state index < -0.39 is 10.2 Å². The van der Waals surface area contributed by atoms with Crippen molar-refractivity contribution in [1.82, 2.24) is 23.8 Å². The van der Waals surface area contributed by atoms with E-state index in [4.69, 9.17) is 0 Å². The van der Waals surface area contributed by atoms with Crippen molar-refractivity contribution in [3.63, 3.8) is 0 Å². The topological polar surface area (TPSA) is 94.2 Å². The fraction of sp³-hybridized carbons (Fsp3) is 0.364. The highest BCUT2D eigenvalue weighted by Crippen LogP contribution is 2.34. The first-order chi connectivity index (χ1) is 14.9. The summed E-state index contributed by atoms with van der Waals surface area (Å²) in [5.74, 6) is 0.861. The number of hydrogen-bond donors (Lipinski definition) is 2. The number of nitrogens with one attached hydrogen (secondary N) is 2. The molecule has 0 saturated carbocycles. The second kappa shape index (κ2) is 8.78. The van der Waals surface area contributed by atoms with Crippen molar-refractivity contribution in [2.45, 2.75) is 25.8 Å². The molecule has 1 saturated heterocycles. The van der Waals surface area contributed by atoms with Crippen LogP contribution < -0.4 is 5.32 Å². The molecule has 2 aromatic heterocycles. The van der Waals surface area contributed by atoms with Crippen LogP contribution in [0.15, 0.2) is 48.8 Å². The Kier molecular flexibility index (Phi) is 6.08. The number of benzene rings is 1. The van der Waals surface area contributed by atoms with Crippen molar-refractivity contribution in [3.05, 3.63) is 65.6 Å². The minimum Gasteiger partial charge on any atom is -0.366 e. The second-order valence-corrected chi connectivity index (χ2v) is 10.2. The summed E-state index contributed by atoms with van der Waals surface area (Å²) in [6.45, 7) is 3.74. The Hall–Kier alpha value is -2.75. The Morgan fingerprint density at radius 3 is 2.84 bits per heavy atom. The van der Waals surface area contributed by atoms with E-state index in [1.807, 2.05) is 24.3 Å². The van der Waals surface area contributed by atoms with Gasteiger partial charge in [-0.25, -0.2) is 4.98 Å². The van der Waals surface area contributed by atoms with Crippen LogP contribution in [-0.2, 0) is 16.8 Å². The van der Waals surface area contributed by atoms with E-state index in [0.29, 0.717) is 19.6 Å². The van der Waals surface area contributed by atoms with Crippen LogP contribution in [0.1, 0.15) is 29.2 Å². The third kappa shape index (κ3) is 4.48. The van der Waals surface area contributed by atoms with Gasteiger partial charge in [-0.15, -0.1) is 0 Å². The number of anilines is 1. The number of H-pyrrole nitrogens is 1. The van der Waals surface area contributed by atoms with Gasteiger partial charge in [0, 0.05) is 57.1 Å². The minimum atomic E-state index is -3.41. The van der Waals surface area contributed by atoms with E-state index in [0.717, 1.165) is 29.1 Å². The van der Waals surface area contributed by atoms with Crippen molar-refractivity contribution in [2.75, 3.05) is 32.5 Å². The fourth-order valence-corrected chi connectivity index (χ4v) is 5.10. The van der Waals surface area contributed by atoms with E-state index in [2.05, 4.69) is 39.6 Å². The molecule has 8 nitrogen and oxygen atoms in total. The molecule has 1 aliphatic heterocycles. The molecule has 0 radical (unpaired) electrons. The zero-order valence-electron chi connectivity index (χ0n) is 18.0. The summed E-state index contributed by atoms with van der Waals surface area (Å²) in [5, 5.41) is 10.8. The third-order valence-electron chi connectivity index (χ3n) is 5.81. The predicted octanol–water partition coefficient (Wildman–Crippen LogP) is 2.99. The number of aromatic nitrogens is 3. The van der Waals surface area contributed by atoms with Gasteiger partial charge in [0.15, 0.2) is 0 Å². The lowest BCUT2D eigenvalue weighted by Crippen LogP contribution is -2.38. The summed E-state index contributed by atoms with van der Waals surface area (Å²) in [7, 11) is -0.285. The highest BCUT2D eigenvalue weighted by molar-refractivity contribution is 7.86. The molecule has 1 fully saturated rings. The van der Waals surface area contributed by atoms with Crippen molar-refractivity contribution < 1.29 is 8.42 Å². The maximum atomic E-state index is 12.5. The summed E-state index contributed by atoms with van der Waals surface area (Å²) in [5.41, 5.74) is 5.41. The summed E-state index contributed by atoms with van der Waals surface area (Å²) in [6.07, 6.45) is 4.34. The third-order valence-corrected chi connectivity index (χ3v) is 7.72. The predicted molar refractivity (Wildman–Crippen MR) is 122 cm³/mol. The van der Waals surface area contributed by atoms with Gasteiger partial charge in [-0.3, -0.25) is 5.10 Å². The number of hydrogen-bond acceptors (Lipinski definition) is 5. The normalized spacial score (nSPS) is 17.4. The molecule has 1 aromatic carbocycles. The Balaban J connectivity index is 1.51. The molecule has 1 atom stereocenters. The number of nitrogens with zero attached hydrogens (tertiary/aromatic N) is 4. The monoisotopic (exact) mass is 440 g/mol. The number of aromatic amines is 1. The van der Waals surface area contributed by atoms with Gasteiger partial charge in [0.2, 0.25) is 0 Å². The van der Waals surface area contributed by atoms with E-state index in [1.165, 1.54) is 19.7 Å². The van der Waals surface area contributed by atoms with Gasteiger partial charge in [-0.1, -0.05) is 24.3 Å². The summed E-state index contributed by atoms with van der Waals surface area (Å²) >= 11 is 0. The Labute approximate surface area is 183 Å². The highest BCUT2D eigenvalue weighted by Gasteiger charge is 2.35. The van der Waals surface area contributed by atoms with E-state index in [9.17, 15) is 8.42 Å². The molecule has 3 aromatic rings. The lowest BCUT2D eigenvalue weighted by atomic mass is 9.97. The Morgan fingerprint density at radius 1 is 1.26 bits per heavy atom. The standard InChI is InChI=1S/C22H28N6O2S/c1-16-6-4-5-7-18(16)13-24-21-12-17(8-10-23-21)20-14-25-26-22(20)19-9-11-28(15-19)31(29,30)27(2)3/h4-8,10,12,14,19H,9,11,13,15H2,1-3H3,(H,23,24)(H,25,26)/t19-/m1/s1. The van der Waals surface area contributed by atoms with Crippen molar-refractivity contribution >= 4 is 16.0 Å². The van der Waals surface area contributed by atoms with Crippen molar-refractivity contribution in [3.8, 4) is 11.1 Å². The van der Waals surface area contributed by atoms with Gasteiger partial charge < -0.3 is 5.32 Å². The fourth-order valence-electron chi connectivity index (χ4n) is 3.93. The Bertz CT molecular complexity index is 1160. The SMILES string of the molecule is Cc1ccccc1CNc1cc(-c2cn[nH]c2[C@@H]2CCN(S(=O)(=O)N(C)C)C2)ccn1. The average molecular weight is 441 g/mol. The van der Waals surface area contributed by atoms with Gasteiger partial charge in [0.1, 0.15) is 5.82 Å². The molecule has 0 bridgehead atoms. The van der Waals surface area contributed by atoms with Crippen LogP contribution in [0.25, 0.3) is 11.1 Å².